The maximum Gasteiger partial charge on any atom is 0.586 e. The molecule has 2 heterocycles. The molecule has 1 aromatic heterocycles. The number of carbonyl (C=O) groups excluding carboxylic acids is 2. The number of alkyl halides is 2. The minimum Gasteiger partial charge on any atom is -0.395 e. The van der Waals surface area contributed by atoms with E-state index in [0.29, 0.717) is 29.6 Å². The molecule has 0 aliphatic carbocycles. The van der Waals surface area contributed by atoms with Gasteiger partial charge in [-0.25, -0.2) is 0 Å². The van der Waals surface area contributed by atoms with Crippen molar-refractivity contribution in [3.8, 4) is 11.5 Å². The summed E-state index contributed by atoms with van der Waals surface area (Å²) in [5, 5.41) is 11.2. The lowest BCUT2D eigenvalue weighted by atomic mass is 10.3. The van der Waals surface area contributed by atoms with Gasteiger partial charge in [0.05, 0.1) is 5.75 Å². The number of primary amides is 1. The fraction of sp³-hybridized carbons (Fsp3) is 0.375. The molecule has 1 aromatic carbocycles. The van der Waals surface area contributed by atoms with Crippen molar-refractivity contribution in [2.24, 2.45) is 5.73 Å². The van der Waals surface area contributed by atoms with Crippen LogP contribution in [0.2, 0.25) is 0 Å². The molecule has 1 aliphatic rings. The number of halogens is 2. The second-order valence-electron chi connectivity index (χ2n) is 5.78. The molecular formula is C16H17F2N5O4S. The minimum absolute atomic E-state index is 0.0263. The lowest BCUT2D eigenvalue weighted by Crippen LogP contribution is -2.25. The van der Waals surface area contributed by atoms with Crippen molar-refractivity contribution < 1.29 is 27.8 Å². The number of nitrogens with zero attached hydrogens (tertiary/aromatic N) is 3. The Balaban J connectivity index is 1.57. The standard InChI is InChI=1S/C16H17F2N5O4S/c1-2-23-13(6-5-12(19)24)21-22-15(23)28-8-14(25)20-9-3-4-10-11(7-9)27-16(17,18)26-10/h3-4,7H,2,5-6,8H2,1H3,(H2,19,24)(H,20,25). The zero-order valence-electron chi connectivity index (χ0n) is 14.8. The molecule has 0 saturated carbocycles. The molecule has 0 unspecified atom stereocenters. The molecule has 1 aliphatic heterocycles. The van der Waals surface area contributed by atoms with Crippen molar-refractivity contribution in [1.82, 2.24) is 14.8 Å². The van der Waals surface area contributed by atoms with Crippen molar-refractivity contribution in [3.63, 3.8) is 0 Å². The third-order valence-electron chi connectivity index (χ3n) is 3.72. The van der Waals surface area contributed by atoms with Gasteiger partial charge in [0.15, 0.2) is 16.7 Å². The Morgan fingerprint density at radius 3 is 2.75 bits per heavy atom. The average molecular weight is 413 g/mol. The van der Waals surface area contributed by atoms with E-state index in [4.69, 9.17) is 5.73 Å². The van der Waals surface area contributed by atoms with E-state index in [1.807, 2.05) is 6.92 Å². The van der Waals surface area contributed by atoms with E-state index in [9.17, 15) is 18.4 Å². The first-order valence-electron chi connectivity index (χ1n) is 8.30. The molecule has 0 spiro atoms. The van der Waals surface area contributed by atoms with Crippen molar-refractivity contribution in [1.29, 1.82) is 0 Å². The lowest BCUT2D eigenvalue weighted by Gasteiger charge is -2.08. The Morgan fingerprint density at radius 2 is 2.04 bits per heavy atom. The number of hydrogen-bond donors (Lipinski definition) is 2. The number of anilines is 1. The number of nitrogens with two attached hydrogens (primary N) is 1. The number of benzene rings is 1. The lowest BCUT2D eigenvalue weighted by molar-refractivity contribution is -0.286. The second-order valence-corrected chi connectivity index (χ2v) is 6.72. The van der Waals surface area contributed by atoms with Crippen LogP contribution in [0.4, 0.5) is 14.5 Å². The largest absolute Gasteiger partial charge is 0.586 e. The van der Waals surface area contributed by atoms with E-state index in [1.165, 1.54) is 18.2 Å². The van der Waals surface area contributed by atoms with E-state index in [1.54, 1.807) is 4.57 Å². The van der Waals surface area contributed by atoms with Gasteiger partial charge in [0.25, 0.3) is 0 Å². The molecule has 0 atom stereocenters. The van der Waals surface area contributed by atoms with Crippen molar-refractivity contribution in [2.75, 3.05) is 11.1 Å². The maximum absolute atomic E-state index is 13.0. The highest BCUT2D eigenvalue weighted by Gasteiger charge is 2.43. The smallest absolute Gasteiger partial charge is 0.395 e. The summed E-state index contributed by atoms with van der Waals surface area (Å²) >= 11 is 1.16. The van der Waals surface area contributed by atoms with E-state index in [2.05, 4.69) is 25.0 Å². The molecule has 0 saturated heterocycles. The molecule has 2 amide bonds. The van der Waals surface area contributed by atoms with Gasteiger partial charge in [0.2, 0.25) is 11.8 Å². The fourth-order valence-corrected chi connectivity index (χ4v) is 3.34. The maximum atomic E-state index is 13.0. The molecule has 0 bridgehead atoms. The van der Waals surface area contributed by atoms with Gasteiger partial charge >= 0.3 is 6.29 Å². The van der Waals surface area contributed by atoms with Gasteiger partial charge in [0, 0.05) is 31.1 Å². The molecule has 28 heavy (non-hydrogen) atoms. The monoisotopic (exact) mass is 413 g/mol. The zero-order chi connectivity index (χ0) is 20.3. The number of aryl methyl sites for hydroxylation is 1. The number of amides is 2. The summed E-state index contributed by atoms with van der Waals surface area (Å²) in [5.74, 6) is -0.405. The Kier molecular flexibility index (Phi) is 5.68. The normalized spacial score (nSPS) is 14.1. The van der Waals surface area contributed by atoms with Crippen LogP contribution in [0, 0.1) is 0 Å². The Morgan fingerprint density at radius 1 is 1.29 bits per heavy atom. The quantitative estimate of drug-likeness (QED) is 0.633. The second kappa shape index (κ2) is 8.00. The molecule has 0 fully saturated rings. The molecule has 12 heteroatoms. The molecule has 3 rings (SSSR count). The Hall–Kier alpha value is -2.89. The van der Waals surface area contributed by atoms with Crippen LogP contribution in [-0.4, -0.2) is 38.6 Å². The molecule has 0 radical (unpaired) electrons. The molecule has 9 nitrogen and oxygen atoms in total. The van der Waals surface area contributed by atoms with Gasteiger partial charge in [-0.05, 0) is 19.1 Å². The van der Waals surface area contributed by atoms with Crippen molar-refractivity contribution >= 4 is 29.3 Å². The molecule has 2 aromatic rings. The SMILES string of the molecule is CCn1c(CCC(N)=O)nnc1SCC(=O)Nc1ccc2c(c1)OC(F)(F)O2. The van der Waals surface area contributed by atoms with Gasteiger partial charge < -0.3 is 25.1 Å². The first-order valence-corrected chi connectivity index (χ1v) is 9.29. The van der Waals surface area contributed by atoms with Crippen LogP contribution in [-0.2, 0) is 22.6 Å². The van der Waals surface area contributed by atoms with Crippen LogP contribution in [0.25, 0.3) is 0 Å². The highest BCUT2D eigenvalue weighted by atomic mass is 32.2. The highest BCUT2D eigenvalue weighted by Crippen LogP contribution is 2.42. The van der Waals surface area contributed by atoms with E-state index in [0.717, 1.165) is 11.8 Å². The average Bonchev–Trinajstić information content (AvgIpc) is 3.15. The number of carbonyl (C=O) groups is 2. The number of hydrogen-bond acceptors (Lipinski definition) is 7. The van der Waals surface area contributed by atoms with E-state index >= 15 is 0 Å². The summed E-state index contributed by atoms with van der Waals surface area (Å²) in [6, 6.07) is 3.98. The summed E-state index contributed by atoms with van der Waals surface area (Å²) in [4.78, 5) is 23.1. The molecule has 150 valence electrons. The summed E-state index contributed by atoms with van der Waals surface area (Å²) in [5.41, 5.74) is 5.44. The third kappa shape index (κ3) is 4.68. The number of ether oxygens (including phenoxy) is 2. The topological polar surface area (TPSA) is 121 Å². The van der Waals surface area contributed by atoms with Gasteiger partial charge in [-0.1, -0.05) is 11.8 Å². The Labute approximate surface area is 162 Å². The van der Waals surface area contributed by atoms with Gasteiger partial charge in [-0.2, -0.15) is 0 Å². The number of aromatic nitrogens is 3. The van der Waals surface area contributed by atoms with Crippen LogP contribution in [0.5, 0.6) is 11.5 Å². The number of thioether (sulfide) groups is 1. The minimum atomic E-state index is -3.71. The van der Waals surface area contributed by atoms with Crippen LogP contribution >= 0.6 is 11.8 Å². The number of rotatable bonds is 8. The third-order valence-corrected chi connectivity index (χ3v) is 4.69. The number of fused-ring (bicyclic) bond motifs is 1. The number of nitrogens with one attached hydrogen (secondary N) is 1. The van der Waals surface area contributed by atoms with E-state index in [-0.39, 0.29) is 29.6 Å². The van der Waals surface area contributed by atoms with Crippen LogP contribution in [0.15, 0.2) is 23.4 Å². The van der Waals surface area contributed by atoms with Crippen molar-refractivity contribution in [2.45, 2.75) is 37.8 Å². The van der Waals surface area contributed by atoms with Crippen LogP contribution in [0.1, 0.15) is 19.2 Å². The summed E-state index contributed by atoms with van der Waals surface area (Å²) in [6.45, 7) is 2.46. The predicted molar refractivity (Wildman–Crippen MR) is 95.2 cm³/mol. The summed E-state index contributed by atoms with van der Waals surface area (Å²) < 4.78 is 36.5. The molecule has 3 N–H and O–H groups in total. The summed E-state index contributed by atoms with van der Waals surface area (Å²) in [7, 11) is 0. The van der Waals surface area contributed by atoms with Gasteiger partial charge in [-0.15, -0.1) is 19.0 Å². The van der Waals surface area contributed by atoms with E-state index < -0.39 is 12.2 Å². The highest BCUT2D eigenvalue weighted by molar-refractivity contribution is 7.99. The fourth-order valence-electron chi connectivity index (χ4n) is 2.52. The first-order chi connectivity index (χ1) is 13.3. The van der Waals surface area contributed by atoms with Gasteiger partial charge in [-0.3, -0.25) is 9.59 Å². The Bertz CT molecular complexity index is 905. The van der Waals surface area contributed by atoms with Crippen LogP contribution in [0.3, 0.4) is 0 Å². The summed E-state index contributed by atoms with van der Waals surface area (Å²) in [6.07, 6.45) is -3.19. The zero-order valence-corrected chi connectivity index (χ0v) is 15.6. The van der Waals surface area contributed by atoms with Crippen LogP contribution < -0.4 is 20.5 Å². The van der Waals surface area contributed by atoms with Crippen molar-refractivity contribution in [3.05, 3.63) is 24.0 Å². The predicted octanol–water partition coefficient (Wildman–Crippen LogP) is 1.77. The first kappa shape index (κ1) is 19.9. The molecular weight excluding hydrogens is 396 g/mol. The van der Waals surface area contributed by atoms with Gasteiger partial charge in [0.1, 0.15) is 5.82 Å².